The van der Waals surface area contributed by atoms with Crippen molar-refractivity contribution in [3.8, 4) is 11.5 Å². The molecule has 1 heterocycles. The number of rotatable bonds is 0. The number of benzene rings is 1. The van der Waals surface area contributed by atoms with Crippen molar-refractivity contribution in [2.24, 2.45) is 0 Å². The molecule has 46 valence electrons. The van der Waals surface area contributed by atoms with Crippen molar-refractivity contribution in [3.05, 3.63) is 15.7 Å². The minimum Gasteiger partial charge on any atom is -0.448 e. The zero-order chi connectivity index (χ0) is 6.43. The van der Waals surface area contributed by atoms with Crippen LogP contribution in [0.25, 0.3) is 0 Å². The Morgan fingerprint density at radius 3 is 2.89 bits per heavy atom. The second-order valence-electron chi connectivity index (χ2n) is 1.83. The van der Waals surface area contributed by atoms with E-state index in [9.17, 15) is 0 Å². The average Bonchev–Trinajstić information content (AvgIpc) is 2.58. The summed E-state index contributed by atoms with van der Waals surface area (Å²) >= 11 is 6.43. The van der Waals surface area contributed by atoms with E-state index >= 15 is 0 Å². The van der Waals surface area contributed by atoms with Crippen LogP contribution < -0.4 is 4.74 Å². The molecule has 2 rings (SSSR count). The molecule has 0 aromatic heterocycles. The van der Waals surface area contributed by atoms with Crippen molar-refractivity contribution in [2.75, 3.05) is 0 Å². The highest BCUT2D eigenvalue weighted by molar-refractivity contribution is 14.1. The van der Waals surface area contributed by atoms with Gasteiger partial charge < -0.3 is 4.74 Å². The normalized spacial score (nSPS) is 12.2. The van der Waals surface area contributed by atoms with Crippen LogP contribution in [0.5, 0.6) is 11.5 Å². The molecular formula is C6H3IOS. The van der Waals surface area contributed by atoms with Gasteiger partial charge in [0.2, 0.25) is 0 Å². The van der Waals surface area contributed by atoms with Crippen molar-refractivity contribution in [3.63, 3.8) is 0 Å². The van der Waals surface area contributed by atoms with Gasteiger partial charge in [-0.1, -0.05) is 0 Å². The molecule has 0 spiro atoms. The third kappa shape index (κ3) is 0.826. The largest absolute Gasteiger partial charge is 0.448 e. The Labute approximate surface area is 72.0 Å². The first-order chi connectivity index (χ1) is 4.29. The Kier molecular flexibility index (Phi) is 1.16. The fourth-order valence-corrected chi connectivity index (χ4v) is 1.42. The number of halogens is 1. The monoisotopic (exact) mass is 250 g/mol. The summed E-state index contributed by atoms with van der Waals surface area (Å²) in [4.78, 5) is 0.992. The summed E-state index contributed by atoms with van der Waals surface area (Å²) in [6, 6.07) is 3.87. The standard InChI is InChI=1S/C6H3IOS/c7-5-4(9)2-1-3-6(5)8-3/h1-2,9H. The van der Waals surface area contributed by atoms with Gasteiger partial charge in [0.05, 0.1) is 3.57 Å². The van der Waals surface area contributed by atoms with Crippen LogP contribution in [0.2, 0.25) is 0 Å². The average molecular weight is 250 g/mol. The van der Waals surface area contributed by atoms with Crippen molar-refractivity contribution < 1.29 is 4.74 Å². The molecule has 0 atom stereocenters. The van der Waals surface area contributed by atoms with Crippen LogP contribution in [-0.2, 0) is 0 Å². The maximum Gasteiger partial charge on any atom is 0.184 e. The fraction of sp³-hybridized carbons (Fsp3) is 0. The predicted molar refractivity (Wildman–Crippen MR) is 46.5 cm³/mol. The van der Waals surface area contributed by atoms with Crippen molar-refractivity contribution >= 4 is 35.2 Å². The lowest BCUT2D eigenvalue weighted by atomic mass is 10.4. The maximum absolute atomic E-state index is 5.09. The van der Waals surface area contributed by atoms with Gasteiger partial charge in [-0.3, -0.25) is 0 Å². The topological polar surface area (TPSA) is 12.5 Å². The van der Waals surface area contributed by atoms with E-state index in [1.807, 2.05) is 12.1 Å². The van der Waals surface area contributed by atoms with Crippen LogP contribution in [-0.4, -0.2) is 0 Å². The molecule has 1 nitrogen and oxygen atoms in total. The summed E-state index contributed by atoms with van der Waals surface area (Å²) in [6.07, 6.45) is 0. The molecular weight excluding hydrogens is 247 g/mol. The van der Waals surface area contributed by atoms with Gasteiger partial charge in [0.15, 0.2) is 11.5 Å². The van der Waals surface area contributed by atoms with Gasteiger partial charge in [-0.15, -0.1) is 12.6 Å². The summed E-state index contributed by atoms with van der Waals surface area (Å²) in [7, 11) is 0. The SMILES string of the molecule is Sc1ccc2c(c1I)O2. The van der Waals surface area contributed by atoms with Gasteiger partial charge in [-0.25, -0.2) is 0 Å². The van der Waals surface area contributed by atoms with E-state index in [0.717, 1.165) is 20.0 Å². The van der Waals surface area contributed by atoms with Crippen LogP contribution in [0.4, 0.5) is 0 Å². The van der Waals surface area contributed by atoms with E-state index in [1.165, 1.54) is 0 Å². The van der Waals surface area contributed by atoms with Gasteiger partial charge in [-0.2, -0.15) is 0 Å². The molecule has 0 amide bonds. The van der Waals surface area contributed by atoms with Crippen LogP contribution in [0.3, 0.4) is 0 Å². The fourth-order valence-electron chi connectivity index (χ4n) is 0.691. The molecule has 1 aliphatic rings. The highest BCUT2D eigenvalue weighted by Gasteiger charge is 2.24. The first kappa shape index (κ1) is 5.85. The Balaban J connectivity index is 2.70. The molecule has 1 aromatic carbocycles. The highest BCUT2D eigenvalue weighted by atomic mass is 127. The number of hydrogen-bond acceptors (Lipinski definition) is 2. The van der Waals surface area contributed by atoms with E-state index < -0.39 is 0 Å². The minimum absolute atomic E-state index is 0.992. The number of fused-ring (bicyclic) bond motifs is 1. The molecule has 0 N–H and O–H groups in total. The Morgan fingerprint density at radius 2 is 2.22 bits per heavy atom. The molecule has 0 saturated heterocycles. The molecule has 0 unspecified atom stereocenters. The van der Waals surface area contributed by atoms with Gasteiger partial charge in [-0.05, 0) is 34.7 Å². The Morgan fingerprint density at radius 1 is 1.44 bits per heavy atom. The van der Waals surface area contributed by atoms with Crippen molar-refractivity contribution in [2.45, 2.75) is 4.90 Å². The van der Waals surface area contributed by atoms with E-state index in [-0.39, 0.29) is 0 Å². The first-order valence-electron chi connectivity index (χ1n) is 2.48. The Bertz CT molecular complexity index is 268. The van der Waals surface area contributed by atoms with E-state index in [1.54, 1.807) is 0 Å². The van der Waals surface area contributed by atoms with Crippen LogP contribution in [0.15, 0.2) is 17.0 Å². The maximum atomic E-state index is 5.09. The second kappa shape index (κ2) is 1.79. The molecule has 1 aromatic rings. The van der Waals surface area contributed by atoms with Crippen LogP contribution >= 0.6 is 35.2 Å². The summed E-state index contributed by atoms with van der Waals surface area (Å²) in [5.74, 6) is 2.00. The lowest BCUT2D eigenvalue weighted by Crippen LogP contribution is -1.64. The van der Waals surface area contributed by atoms with Crippen LogP contribution in [0.1, 0.15) is 0 Å². The van der Waals surface area contributed by atoms with Crippen molar-refractivity contribution in [1.29, 1.82) is 0 Å². The molecule has 0 saturated carbocycles. The molecule has 0 fully saturated rings. The molecule has 9 heavy (non-hydrogen) atoms. The smallest absolute Gasteiger partial charge is 0.184 e. The van der Waals surface area contributed by atoms with Gasteiger partial charge in [0, 0.05) is 4.90 Å². The number of thiol groups is 1. The molecule has 3 heteroatoms. The summed E-state index contributed by atoms with van der Waals surface area (Å²) in [5.41, 5.74) is 0. The summed E-state index contributed by atoms with van der Waals surface area (Å²) in [6.45, 7) is 0. The van der Waals surface area contributed by atoms with E-state index in [4.69, 9.17) is 4.74 Å². The third-order valence-corrected chi connectivity index (χ3v) is 3.08. The third-order valence-electron chi connectivity index (χ3n) is 1.21. The summed E-state index contributed by atoms with van der Waals surface area (Å²) < 4.78 is 6.21. The zero-order valence-electron chi connectivity index (χ0n) is 4.39. The lowest BCUT2D eigenvalue weighted by molar-refractivity contribution is 0.646. The number of ether oxygens (including phenoxy) is 1. The second-order valence-corrected chi connectivity index (χ2v) is 3.39. The van der Waals surface area contributed by atoms with Crippen LogP contribution in [0, 0.1) is 3.57 Å². The number of hydrogen-bond donors (Lipinski definition) is 1. The predicted octanol–water partition coefficient (Wildman–Crippen LogP) is 2.69. The van der Waals surface area contributed by atoms with E-state index in [2.05, 4.69) is 35.2 Å². The van der Waals surface area contributed by atoms with Gasteiger partial charge >= 0.3 is 0 Å². The molecule has 0 aliphatic carbocycles. The molecule has 1 aliphatic heterocycles. The Hall–Kier alpha value is 0.1000. The van der Waals surface area contributed by atoms with Gasteiger partial charge in [0.25, 0.3) is 0 Å². The van der Waals surface area contributed by atoms with E-state index in [0.29, 0.717) is 0 Å². The quantitative estimate of drug-likeness (QED) is 0.430. The molecule has 0 bridgehead atoms. The minimum atomic E-state index is 0.992. The molecule has 0 radical (unpaired) electrons. The highest BCUT2D eigenvalue weighted by Crippen LogP contribution is 2.50. The first-order valence-corrected chi connectivity index (χ1v) is 4.01. The van der Waals surface area contributed by atoms with Crippen molar-refractivity contribution in [1.82, 2.24) is 0 Å². The lowest BCUT2D eigenvalue weighted by Gasteiger charge is -1.86. The summed E-state index contributed by atoms with van der Waals surface area (Å²) in [5, 5.41) is 0. The van der Waals surface area contributed by atoms with Gasteiger partial charge in [0.1, 0.15) is 0 Å². The zero-order valence-corrected chi connectivity index (χ0v) is 7.44.